The lowest BCUT2D eigenvalue weighted by atomic mass is 10.1. The Labute approximate surface area is 163 Å². The summed E-state index contributed by atoms with van der Waals surface area (Å²) in [5, 5.41) is 0.573. The first-order chi connectivity index (χ1) is 12.8. The second kappa shape index (κ2) is 7.70. The number of sulfone groups is 1. The zero-order valence-corrected chi connectivity index (χ0v) is 16.3. The highest BCUT2D eigenvalue weighted by Crippen LogP contribution is 2.16. The average Bonchev–Trinajstić information content (AvgIpc) is 2.67. The van der Waals surface area contributed by atoms with Crippen molar-refractivity contribution in [1.82, 2.24) is 9.80 Å². The van der Waals surface area contributed by atoms with Crippen molar-refractivity contribution >= 4 is 33.3 Å². The summed E-state index contributed by atoms with van der Waals surface area (Å²) in [5.41, 5.74) is 0.996. The third-order valence-electron chi connectivity index (χ3n) is 4.47. The molecule has 0 bridgehead atoms. The van der Waals surface area contributed by atoms with Crippen LogP contribution in [0.2, 0.25) is 5.02 Å². The molecule has 1 saturated heterocycles. The fourth-order valence-electron chi connectivity index (χ4n) is 2.91. The number of hydrogen-bond acceptors (Lipinski definition) is 4. The lowest BCUT2D eigenvalue weighted by Crippen LogP contribution is -2.50. The van der Waals surface area contributed by atoms with E-state index in [0.29, 0.717) is 42.3 Å². The van der Waals surface area contributed by atoms with Crippen molar-refractivity contribution in [3.05, 3.63) is 64.7 Å². The maximum Gasteiger partial charge on any atom is 0.253 e. The lowest BCUT2D eigenvalue weighted by molar-refractivity contribution is 0.0535. The molecule has 0 aromatic heterocycles. The van der Waals surface area contributed by atoms with Crippen LogP contribution in [-0.2, 0) is 9.84 Å². The van der Waals surface area contributed by atoms with E-state index in [2.05, 4.69) is 0 Å². The summed E-state index contributed by atoms with van der Waals surface area (Å²) >= 11 is 5.85. The molecule has 1 aliphatic rings. The third-order valence-corrected chi connectivity index (χ3v) is 5.86. The van der Waals surface area contributed by atoms with Crippen LogP contribution < -0.4 is 0 Å². The van der Waals surface area contributed by atoms with E-state index >= 15 is 0 Å². The minimum atomic E-state index is -3.29. The molecule has 2 amide bonds. The van der Waals surface area contributed by atoms with Gasteiger partial charge in [-0.15, -0.1) is 0 Å². The van der Waals surface area contributed by atoms with E-state index < -0.39 is 9.84 Å². The Balaban J connectivity index is 1.62. The van der Waals surface area contributed by atoms with Gasteiger partial charge in [-0.05, 0) is 48.5 Å². The summed E-state index contributed by atoms with van der Waals surface area (Å²) in [4.78, 5) is 28.7. The molecule has 0 spiro atoms. The van der Waals surface area contributed by atoms with Crippen molar-refractivity contribution in [3.8, 4) is 0 Å². The van der Waals surface area contributed by atoms with E-state index in [1.165, 1.54) is 24.3 Å². The van der Waals surface area contributed by atoms with E-state index in [4.69, 9.17) is 11.6 Å². The van der Waals surface area contributed by atoms with Crippen LogP contribution in [-0.4, -0.2) is 62.5 Å². The van der Waals surface area contributed by atoms with E-state index in [-0.39, 0.29) is 16.7 Å². The average molecular weight is 407 g/mol. The van der Waals surface area contributed by atoms with Crippen molar-refractivity contribution < 1.29 is 18.0 Å². The van der Waals surface area contributed by atoms with E-state index in [0.717, 1.165) is 6.26 Å². The van der Waals surface area contributed by atoms with Gasteiger partial charge in [0.15, 0.2) is 9.84 Å². The van der Waals surface area contributed by atoms with Crippen LogP contribution in [0.1, 0.15) is 20.7 Å². The minimum absolute atomic E-state index is 0.0868. The van der Waals surface area contributed by atoms with Crippen LogP contribution in [0.4, 0.5) is 0 Å². The van der Waals surface area contributed by atoms with E-state index in [1.54, 1.807) is 34.1 Å². The maximum absolute atomic E-state index is 12.6. The molecule has 2 aromatic rings. The zero-order chi connectivity index (χ0) is 19.6. The smallest absolute Gasteiger partial charge is 0.253 e. The number of halogens is 1. The summed E-state index contributed by atoms with van der Waals surface area (Å²) < 4.78 is 23.0. The number of carbonyl (C=O) groups excluding carboxylic acids is 2. The summed E-state index contributed by atoms with van der Waals surface area (Å²) in [5.74, 6) is -0.259. The number of carbonyl (C=O) groups is 2. The van der Waals surface area contributed by atoms with Gasteiger partial charge < -0.3 is 9.80 Å². The third kappa shape index (κ3) is 4.48. The van der Waals surface area contributed by atoms with Gasteiger partial charge in [0.05, 0.1) is 4.90 Å². The normalized spacial score (nSPS) is 14.9. The molecule has 142 valence electrons. The summed E-state index contributed by atoms with van der Waals surface area (Å²) in [6, 6.07) is 12.6. The molecule has 0 atom stereocenters. The first kappa shape index (κ1) is 19.4. The van der Waals surface area contributed by atoms with Crippen molar-refractivity contribution in [2.45, 2.75) is 4.90 Å². The van der Waals surface area contributed by atoms with Gasteiger partial charge in [-0.25, -0.2) is 8.42 Å². The Kier molecular flexibility index (Phi) is 5.53. The molecule has 2 aromatic carbocycles. The van der Waals surface area contributed by atoms with Gasteiger partial charge in [0.2, 0.25) is 0 Å². The van der Waals surface area contributed by atoms with Crippen molar-refractivity contribution in [2.75, 3.05) is 32.4 Å². The molecule has 0 N–H and O–H groups in total. The van der Waals surface area contributed by atoms with Gasteiger partial charge >= 0.3 is 0 Å². The molecule has 1 heterocycles. The SMILES string of the molecule is CS(=O)(=O)c1ccc(C(=O)N2CCN(C(=O)c3ccc(Cl)cc3)CC2)cc1. The molecular weight excluding hydrogens is 388 g/mol. The van der Waals surface area contributed by atoms with Gasteiger partial charge in [-0.2, -0.15) is 0 Å². The van der Waals surface area contributed by atoms with Crippen molar-refractivity contribution in [3.63, 3.8) is 0 Å². The Morgan fingerprint density at radius 1 is 0.778 bits per heavy atom. The number of rotatable bonds is 3. The highest BCUT2D eigenvalue weighted by atomic mass is 35.5. The zero-order valence-electron chi connectivity index (χ0n) is 14.8. The van der Waals surface area contributed by atoms with E-state index in [9.17, 15) is 18.0 Å². The topological polar surface area (TPSA) is 74.8 Å². The number of hydrogen-bond donors (Lipinski definition) is 0. The minimum Gasteiger partial charge on any atom is -0.335 e. The molecule has 0 aliphatic carbocycles. The molecule has 0 saturated carbocycles. The maximum atomic E-state index is 12.6. The van der Waals surface area contributed by atoms with Crippen LogP contribution in [0.5, 0.6) is 0 Å². The van der Waals surface area contributed by atoms with Crippen LogP contribution >= 0.6 is 11.6 Å². The summed E-state index contributed by atoms with van der Waals surface area (Å²) in [6.07, 6.45) is 1.13. The molecule has 6 nitrogen and oxygen atoms in total. The van der Waals surface area contributed by atoms with Gasteiger partial charge in [0, 0.05) is 48.6 Å². The Morgan fingerprint density at radius 3 is 1.52 bits per heavy atom. The van der Waals surface area contributed by atoms with Gasteiger partial charge in [-0.1, -0.05) is 11.6 Å². The summed E-state index contributed by atoms with van der Waals surface area (Å²) in [7, 11) is -3.29. The van der Waals surface area contributed by atoms with Crippen molar-refractivity contribution in [1.29, 1.82) is 0 Å². The predicted octanol–water partition coefficient (Wildman–Crippen LogP) is 2.34. The fourth-order valence-corrected chi connectivity index (χ4v) is 3.67. The Bertz CT molecular complexity index is 948. The van der Waals surface area contributed by atoms with Crippen LogP contribution in [0.15, 0.2) is 53.4 Å². The number of nitrogens with zero attached hydrogens (tertiary/aromatic N) is 2. The standard InChI is InChI=1S/C19H19ClN2O4S/c1-27(25,26)17-8-4-15(5-9-17)19(24)22-12-10-21(11-13-22)18(23)14-2-6-16(20)7-3-14/h2-9H,10-13H2,1H3. The number of benzene rings is 2. The van der Waals surface area contributed by atoms with Crippen LogP contribution in [0, 0.1) is 0 Å². The largest absolute Gasteiger partial charge is 0.335 e. The van der Waals surface area contributed by atoms with Crippen molar-refractivity contribution in [2.24, 2.45) is 0 Å². The molecule has 3 rings (SSSR count). The van der Waals surface area contributed by atoms with Gasteiger partial charge in [-0.3, -0.25) is 9.59 Å². The molecule has 0 unspecified atom stereocenters. The first-order valence-corrected chi connectivity index (χ1v) is 10.7. The fraction of sp³-hybridized carbons (Fsp3) is 0.263. The predicted molar refractivity (Wildman–Crippen MR) is 103 cm³/mol. The Hall–Kier alpha value is -2.38. The second-order valence-corrected chi connectivity index (χ2v) is 8.84. The number of amides is 2. The molecule has 1 fully saturated rings. The van der Waals surface area contributed by atoms with Crippen LogP contribution in [0.3, 0.4) is 0 Å². The quantitative estimate of drug-likeness (QED) is 0.784. The monoisotopic (exact) mass is 406 g/mol. The molecule has 1 aliphatic heterocycles. The second-order valence-electron chi connectivity index (χ2n) is 6.39. The lowest BCUT2D eigenvalue weighted by Gasteiger charge is -2.35. The Morgan fingerprint density at radius 2 is 1.15 bits per heavy atom. The van der Waals surface area contributed by atoms with Crippen LogP contribution in [0.25, 0.3) is 0 Å². The highest BCUT2D eigenvalue weighted by Gasteiger charge is 2.25. The first-order valence-electron chi connectivity index (χ1n) is 8.40. The van der Waals surface area contributed by atoms with Gasteiger partial charge in [0.1, 0.15) is 0 Å². The van der Waals surface area contributed by atoms with Gasteiger partial charge in [0.25, 0.3) is 11.8 Å². The molecule has 27 heavy (non-hydrogen) atoms. The number of piperazine rings is 1. The van der Waals surface area contributed by atoms with E-state index in [1.807, 2.05) is 0 Å². The molecule has 8 heteroatoms. The summed E-state index contributed by atoms with van der Waals surface area (Å²) in [6.45, 7) is 1.72. The molecular formula is C19H19ClN2O4S. The molecule has 0 radical (unpaired) electrons. The highest BCUT2D eigenvalue weighted by molar-refractivity contribution is 7.90.